The Morgan fingerprint density at radius 3 is 2.65 bits per heavy atom. The number of carbonyl (C=O) groups excluding carboxylic acids is 1. The van der Waals surface area contributed by atoms with Gasteiger partial charge in [-0.3, -0.25) is 4.79 Å². The third-order valence-corrected chi connectivity index (χ3v) is 2.41. The Bertz CT molecular complexity index is 425. The van der Waals surface area contributed by atoms with E-state index in [9.17, 15) is 4.79 Å². The summed E-state index contributed by atoms with van der Waals surface area (Å²) >= 11 is 0. The van der Waals surface area contributed by atoms with Crippen LogP contribution in [-0.2, 0) is 0 Å². The molecule has 0 saturated heterocycles. The molecule has 0 spiro atoms. The largest absolute Gasteiger partial charge is 0.490 e. The topological polar surface area (TPSA) is 61.6 Å². The lowest BCUT2D eigenvalue weighted by Crippen LogP contribution is -2.15. The Labute approximate surface area is 101 Å². The van der Waals surface area contributed by atoms with Gasteiger partial charge >= 0.3 is 0 Å². The van der Waals surface area contributed by atoms with Crippen molar-refractivity contribution >= 4 is 5.91 Å². The minimum Gasteiger partial charge on any atom is -0.490 e. The molecular weight excluding hydrogens is 218 g/mol. The van der Waals surface area contributed by atoms with Crippen molar-refractivity contribution in [1.29, 1.82) is 0 Å². The van der Waals surface area contributed by atoms with Crippen molar-refractivity contribution in [1.82, 2.24) is 0 Å². The van der Waals surface area contributed by atoms with Crippen molar-refractivity contribution in [3.05, 3.63) is 23.8 Å². The molecule has 0 aliphatic heterocycles. The van der Waals surface area contributed by atoms with Crippen LogP contribution in [0, 0.1) is 0 Å². The molecule has 2 N–H and O–H groups in total. The number of benzene rings is 1. The van der Waals surface area contributed by atoms with Crippen LogP contribution in [0.2, 0.25) is 0 Å². The lowest BCUT2D eigenvalue weighted by atomic mass is 10.2. The summed E-state index contributed by atoms with van der Waals surface area (Å²) < 4.78 is 11.2. The van der Waals surface area contributed by atoms with Crippen LogP contribution in [0.3, 0.4) is 0 Å². The van der Waals surface area contributed by atoms with Crippen molar-refractivity contribution in [2.45, 2.75) is 38.9 Å². The predicted octanol–water partition coefficient (Wildman–Crippen LogP) is 2.11. The molecule has 1 aliphatic carbocycles. The van der Waals surface area contributed by atoms with Crippen LogP contribution in [-0.4, -0.2) is 18.1 Å². The van der Waals surface area contributed by atoms with Gasteiger partial charge in [0.25, 0.3) is 5.91 Å². The zero-order valence-corrected chi connectivity index (χ0v) is 10.1. The van der Waals surface area contributed by atoms with Gasteiger partial charge in [0, 0.05) is 6.07 Å². The summed E-state index contributed by atoms with van der Waals surface area (Å²) in [4.78, 5) is 11.3. The zero-order valence-electron chi connectivity index (χ0n) is 10.1. The van der Waals surface area contributed by atoms with Crippen molar-refractivity contribution in [2.24, 2.45) is 5.73 Å². The maximum atomic E-state index is 11.3. The summed E-state index contributed by atoms with van der Waals surface area (Å²) in [6.07, 6.45) is 2.50. The number of carbonyl (C=O) groups is 1. The summed E-state index contributed by atoms with van der Waals surface area (Å²) in [7, 11) is 0. The average molecular weight is 235 g/mol. The molecule has 2 rings (SSSR count). The molecule has 4 nitrogen and oxygen atoms in total. The van der Waals surface area contributed by atoms with Gasteiger partial charge in [0.05, 0.1) is 17.8 Å². The lowest BCUT2D eigenvalue weighted by Gasteiger charge is -2.14. The van der Waals surface area contributed by atoms with Gasteiger partial charge in [-0.1, -0.05) is 0 Å². The molecule has 4 heteroatoms. The number of ether oxygens (including phenoxy) is 2. The molecule has 1 aromatic rings. The van der Waals surface area contributed by atoms with Gasteiger partial charge in [-0.15, -0.1) is 0 Å². The highest BCUT2D eigenvalue weighted by Gasteiger charge is 2.24. The fourth-order valence-corrected chi connectivity index (χ4v) is 1.51. The number of nitrogens with two attached hydrogens (primary N) is 1. The van der Waals surface area contributed by atoms with E-state index in [1.165, 1.54) is 0 Å². The summed E-state index contributed by atoms with van der Waals surface area (Å²) in [6.45, 7) is 3.80. The first-order valence-corrected chi connectivity index (χ1v) is 5.83. The van der Waals surface area contributed by atoms with Gasteiger partial charge in [-0.05, 0) is 38.8 Å². The minimum absolute atomic E-state index is 0.00993. The van der Waals surface area contributed by atoms with Crippen LogP contribution in [0.1, 0.15) is 37.0 Å². The van der Waals surface area contributed by atoms with E-state index in [-0.39, 0.29) is 6.10 Å². The molecule has 0 bridgehead atoms. The Morgan fingerprint density at radius 2 is 2.12 bits per heavy atom. The van der Waals surface area contributed by atoms with Crippen molar-refractivity contribution < 1.29 is 14.3 Å². The van der Waals surface area contributed by atoms with E-state index in [1.54, 1.807) is 18.2 Å². The van der Waals surface area contributed by atoms with Crippen molar-refractivity contribution in [3.8, 4) is 11.5 Å². The quantitative estimate of drug-likeness (QED) is 0.850. The highest BCUT2D eigenvalue weighted by Crippen LogP contribution is 2.31. The maximum absolute atomic E-state index is 11.3. The molecular formula is C13H17NO3. The van der Waals surface area contributed by atoms with E-state index in [4.69, 9.17) is 15.2 Å². The van der Waals surface area contributed by atoms with Gasteiger partial charge < -0.3 is 15.2 Å². The molecule has 0 radical (unpaired) electrons. The van der Waals surface area contributed by atoms with E-state index in [0.717, 1.165) is 18.6 Å². The monoisotopic (exact) mass is 235 g/mol. The van der Waals surface area contributed by atoms with Gasteiger partial charge in [0.1, 0.15) is 11.5 Å². The smallest absolute Gasteiger partial charge is 0.252 e. The summed E-state index contributed by atoms with van der Waals surface area (Å²) in [5.41, 5.74) is 5.68. The van der Waals surface area contributed by atoms with Crippen LogP contribution >= 0.6 is 0 Å². The van der Waals surface area contributed by atoms with E-state index in [0.29, 0.717) is 17.4 Å². The molecule has 1 fully saturated rings. The van der Waals surface area contributed by atoms with E-state index in [1.807, 2.05) is 13.8 Å². The summed E-state index contributed by atoms with van der Waals surface area (Å²) in [5.74, 6) is 0.734. The van der Waals surface area contributed by atoms with Crippen LogP contribution in [0.5, 0.6) is 11.5 Å². The van der Waals surface area contributed by atoms with E-state index in [2.05, 4.69) is 0 Å². The number of hydrogen-bond acceptors (Lipinski definition) is 3. The van der Waals surface area contributed by atoms with Gasteiger partial charge in [-0.2, -0.15) is 0 Å². The molecule has 92 valence electrons. The number of primary amides is 1. The molecule has 1 aliphatic rings. The highest BCUT2D eigenvalue weighted by molar-refractivity contribution is 5.95. The van der Waals surface area contributed by atoms with Gasteiger partial charge in [-0.25, -0.2) is 0 Å². The Hall–Kier alpha value is -1.71. The standard InChI is InChI=1S/C13H17NO3/c1-8(2)16-12-7-10(17-9-3-4-9)5-6-11(12)13(14)15/h5-9H,3-4H2,1-2H3,(H2,14,15). The molecule has 0 aromatic heterocycles. The summed E-state index contributed by atoms with van der Waals surface area (Å²) in [5, 5.41) is 0. The molecule has 1 amide bonds. The molecule has 0 heterocycles. The van der Waals surface area contributed by atoms with Crippen molar-refractivity contribution in [3.63, 3.8) is 0 Å². The second-order valence-corrected chi connectivity index (χ2v) is 4.51. The Kier molecular flexibility index (Phi) is 3.22. The Balaban J connectivity index is 2.24. The molecule has 0 atom stereocenters. The molecule has 0 unspecified atom stereocenters. The zero-order chi connectivity index (χ0) is 12.4. The SMILES string of the molecule is CC(C)Oc1cc(OC2CC2)ccc1C(N)=O. The summed E-state index contributed by atoms with van der Waals surface area (Å²) in [6, 6.07) is 5.14. The second-order valence-electron chi connectivity index (χ2n) is 4.51. The highest BCUT2D eigenvalue weighted by atomic mass is 16.5. The fraction of sp³-hybridized carbons (Fsp3) is 0.462. The normalized spacial score (nSPS) is 14.8. The van der Waals surface area contributed by atoms with E-state index >= 15 is 0 Å². The van der Waals surface area contributed by atoms with Crippen LogP contribution < -0.4 is 15.2 Å². The number of amides is 1. The fourth-order valence-electron chi connectivity index (χ4n) is 1.51. The first kappa shape index (κ1) is 11.8. The van der Waals surface area contributed by atoms with Crippen LogP contribution in [0.4, 0.5) is 0 Å². The third kappa shape index (κ3) is 3.12. The van der Waals surface area contributed by atoms with Gasteiger partial charge in [0.2, 0.25) is 0 Å². The van der Waals surface area contributed by atoms with Crippen molar-refractivity contribution in [2.75, 3.05) is 0 Å². The first-order chi connectivity index (χ1) is 8.06. The van der Waals surface area contributed by atoms with E-state index < -0.39 is 5.91 Å². The Morgan fingerprint density at radius 1 is 1.41 bits per heavy atom. The molecule has 1 saturated carbocycles. The minimum atomic E-state index is -0.487. The third-order valence-electron chi connectivity index (χ3n) is 2.41. The average Bonchev–Trinajstić information content (AvgIpc) is 3.00. The molecule has 17 heavy (non-hydrogen) atoms. The van der Waals surface area contributed by atoms with Crippen LogP contribution in [0.25, 0.3) is 0 Å². The maximum Gasteiger partial charge on any atom is 0.252 e. The van der Waals surface area contributed by atoms with Crippen LogP contribution in [0.15, 0.2) is 18.2 Å². The first-order valence-electron chi connectivity index (χ1n) is 5.83. The lowest BCUT2D eigenvalue weighted by molar-refractivity contribution is 0.0994. The number of hydrogen-bond donors (Lipinski definition) is 1. The molecule has 1 aromatic carbocycles. The van der Waals surface area contributed by atoms with Gasteiger partial charge in [0.15, 0.2) is 0 Å². The number of rotatable bonds is 5. The predicted molar refractivity (Wildman–Crippen MR) is 64.4 cm³/mol. The second kappa shape index (κ2) is 4.65.